The molecule has 1 aliphatic rings. The monoisotopic (exact) mass is 230 g/mol. The summed E-state index contributed by atoms with van der Waals surface area (Å²) in [5.41, 5.74) is 0. The van der Waals surface area contributed by atoms with Gasteiger partial charge in [-0.25, -0.2) is 0 Å². The highest BCUT2D eigenvalue weighted by Gasteiger charge is 2.19. The van der Waals surface area contributed by atoms with E-state index in [0.29, 0.717) is 6.42 Å². The zero-order valence-electron chi connectivity index (χ0n) is 9.16. The smallest absolute Gasteiger partial charge is 0.268 e. The first-order valence-electron chi connectivity index (χ1n) is 5.49. The minimum atomic E-state index is -3.33. The number of hydrogen-bond acceptors (Lipinski definition) is 3. The van der Waals surface area contributed by atoms with Crippen LogP contribution < -0.4 is 0 Å². The molecule has 0 aromatic rings. The van der Waals surface area contributed by atoms with Crippen LogP contribution in [0.3, 0.4) is 0 Å². The van der Waals surface area contributed by atoms with Crippen molar-refractivity contribution in [1.29, 1.82) is 0 Å². The van der Waals surface area contributed by atoms with E-state index in [-0.39, 0.29) is 18.3 Å². The molecular weight excluding hydrogens is 212 g/mol. The highest BCUT2D eigenvalue weighted by Crippen LogP contribution is 2.14. The Morgan fingerprint density at radius 3 is 2.93 bits per heavy atom. The highest BCUT2D eigenvalue weighted by molar-refractivity contribution is 7.86. The second kappa shape index (κ2) is 6.14. The Balaban J connectivity index is 2.52. The van der Waals surface area contributed by atoms with Crippen molar-refractivity contribution in [3.8, 4) is 11.8 Å². The maximum Gasteiger partial charge on any atom is 0.268 e. The minimum absolute atomic E-state index is 0.0400. The molecule has 1 atom stereocenters. The van der Waals surface area contributed by atoms with Crippen molar-refractivity contribution in [3.05, 3.63) is 0 Å². The van der Waals surface area contributed by atoms with Gasteiger partial charge in [-0.1, -0.05) is 32.1 Å². The first-order valence-corrected chi connectivity index (χ1v) is 7.07. The molecular formula is C11H18O3S. The van der Waals surface area contributed by atoms with Gasteiger partial charge < -0.3 is 0 Å². The van der Waals surface area contributed by atoms with E-state index in [0.717, 1.165) is 25.7 Å². The first kappa shape index (κ1) is 12.5. The van der Waals surface area contributed by atoms with Crippen molar-refractivity contribution in [2.24, 2.45) is 5.92 Å². The Labute approximate surface area is 92.3 Å². The van der Waals surface area contributed by atoms with E-state index in [9.17, 15) is 8.42 Å². The van der Waals surface area contributed by atoms with Crippen molar-refractivity contribution in [1.82, 2.24) is 0 Å². The summed E-state index contributed by atoms with van der Waals surface area (Å²) in [6.45, 7) is 2.33. The molecule has 1 rings (SSSR count). The molecule has 4 heteroatoms. The van der Waals surface area contributed by atoms with Crippen LogP contribution in [0.5, 0.6) is 0 Å². The lowest BCUT2D eigenvalue weighted by atomic mass is 10.0. The second-order valence-electron chi connectivity index (χ2n) is 3.81. The maximum atomic E-state index is 11.4. The number of hydrogen-bond donors (Lipinski definition) is 0. The summed E-state index contributed by atoms with van der Waals surface area (Å²) in [5.74, 6) is 6.01. The van der Waals surface area contributed by atoms with E-state index < -0.39 is 10.1 Å². The summed E-state index contributed by atoms with van der Waals surface area (Å²) < 4.78 is 27.5. The van der Waals surface area contributed by atoms with Gasteiger partial charge in [0, 0.05) is 12.3 Å². The van der Waals surface area contributed by atoms with Gasteiger partial charge in [-0.2, -0.15) is 8.42 Å². The van der Waals surface area contributed by atoms with Gasteiger partial charge in [0.15, 0.2) is 0 Å². The number of unbranched alkanes of at least 4 members (excludes halogenated alkanes) is 2. The average Bonchev–Trinajstić information content (AvgIpc) is 2.14. The van der Waals surface area contributed by atoms with Crippen molar-refractivity contribution in [2.75, 3.05) is 12.4 Å². The van der Waals surface area contributed by atoms with Crippen molar-refractivity contribution < 1.29 is 12.6 Å². The lowest BCUT2D eigenvalue weighted by Crippen LogP contribution is -2.19. The summed E-state index contributed by atoms with van der Waals surface area (Å²) in [4.78, 5) is 0. The molecule has 0 bridgehead atoms. The van der Waals surface area contributed by atoms with Crippen molar-refractivity contribution in [2.45, 2.75) is 39.0 Å². The molecule has 1 unspecified atom stereocenters. The van der Waals surface area contributed by atoms with Crippen LogP contribution >= 0.6 is 0 Å². The molecule has 15 heavy (non-hydrogen) atoms. The molecule has 0 fully saturated rings. The Bertz CT molecular complexity index is 335. The van der Waals surface area contributed by atoms with E-state index in [1.165, 1.54) is 0 Å². The van der Waals surface area contributed by atoms with E-state index in [1.807, 2.05) is 0 Å². The van der Waals surface area contributed by atoms with Crippen LogP contribution in [0.1, 0.15) is 39.0 Å². The van der Waals surface area contributed by atoms with Crippen LogP contribution in [0.2, 0.25) is 0 Å². The SMILES string of the molecule is CCCCCC1C#CCCOS(=O)(=O)C1. The fraction of sp³-hybridized carbons (Fsp3) is 0.818. The summed E-state index contributed by atoms with van der Waals surface area (Å²) in [6, 6.07) is 0. The Morgan fingerprint density at radius 2 is 2.20 bits per heavy atom. The van der Waals surface area contributed by atoms with Gasteiger partial charge in [0.2, 0.25) is 0 Å². The largest absolute Gasteiger partial charge is 0.269 e. The fourth-order valence-electron chi connectivity index (χ4n) is 1.57. The minimum Gasteiger partial charge on any atom is -0.269 e. The van der Waals surface area contributed by atoms with Gasteiger partial charge >= 0.3 is 0 Å². The standard InChI is InChI=1S/C11H18O3S/c1-2-3-4-7-11-8-5-6-9-14-15(12,13)10-11/h11H,2-4,6-7,9-10H2,1H3. The molecule has 3 nitrogen and oxygen atoms in total. The topological polar surface area (TPSA) is 43.4 Å². The average molecular weight is 230 g/mol. The normalized spacial score (nSPS) is 24.7. The molecule has 86 valence electrons. The lowest BCUT2D eigenvalue weighted by molar-refractivity contribution is 0.321. The third-order valence-electron chi connectivity index (χ3n) is 2.36. The van der Waals surface area contributed by atoms with Gasteiger partial charge in [0.25, 0.3) is 10.1 Å². The Hall–Kier alpha value is -0.530. The zero-order chi connectivity index (χ0) is 11.1. The predicted molar refractivity (Wildman–Crippen MR) is 59.8 cm³/mol. The van der Waals surface area contributed by atoms with Crippen LogP contribution in [0.25, 0.3) is 0 Å². The molecule has 0 radical (unpaired) electrons. The van der Waals surface area contributed by atoms with Gasteiger partial charge in [-0.3, -0.25) is 4.18 Å². The van der Waals surface area contributed by atoms with E-state index in [4.69, 9.17) is 4.18 Å². The van der Waals surface area contributed by atoms with Gasteiger partial charge in [0.1, 0.15) is 0 Å². The fourth-order valence-corrected chi connectivity index (χ4v) is 2.74. The van der Waals surface area contributed by atoms with E-state index in [1.54, 1.807) is 0 Å². The summed E-state index contributed by atoms with van der Waals surface area (Å²) >= 11 is 0. The highest BCUT2D eigenvalue weighted by atomic mass is 32.2. The van der Waals surface area contributed by atoms with Crippen molar-refractivity contribution in [3.63, 3.8) is 0 Å². The molecule has 0 spiro atoms. The maximum absolute atomic E-state index is 11.4. The summed E-state index contributed by atoms with van der Waals surface area (Å²) in [7, 11) is -3.33. The summed E-state index contributed by atoms with van der Waals surface area (Å²) in [6.07, 6.45) is 4.71. The molecule has 1 aliphatic heterocycles. The third kappa shape index (κ3) is 5.19. The molecule has 0 N–H and O–H groups in total. The van der Waals surface area contributed by atoms with Crippen LogP contribution in [0.15, 0.2) is 0 Å². The van der Waals surface area contributed by atoms with Crippen LogP contribution in [0.4, 0.5) is 0 Å². The second-order valence-corrected chi connectivity index (χ2v) is 5.49. The molecule has 0 aromatic heterocycles. The molecule has 1 heterocycles. The van der Waals surface area contributed by atoms with Crippen molar-refractivity contribution >= 4 is 10.1 Å². The van der Waals surface area contributed by atoms with E-state index in [2.05, 4.69) is 18.8 Å². The predicted octanol–water partition coefficient (Wildman–Crippen LogP) is 1.94. The summed E-state index contributed by atoms with van der Waals surface area (Å²) in [5, 5.41) is 0. The molecule has 0 saturated heterocycles. The molecule has 0 saturated carbocycles. The van der Waals surface area contributed by atoms with Gasteiger partial charge in [0.05, 0.1) is 12.4 Å². The van der Waals surface area contributed by atoms with Crippen LogP contribution in [-0.4, -0.2) is 20.8 Å². The Kier molecular flexibility index (Phi) is 5.13. The van der Waals surface area contributed by atoms with Gasteiger partial charge in [-0.15, -0.1) is 5.92 Å². The van der Waals surface area contributed by atoms with E-state index >= 15 is 0 Å². The van der Waals surface area contributed by atoms with Crippen LogP contribution in [-0.2, 0) is 14.3 Å². The quantitative estimate of drug-likeness (QED) is 0.421. The lowest BCUT2D eigenvalue weighted by Gasteiger charge is -2.12. The third-order valence-corrected chi connectivity index (χ3v) is 3.69. The molecule has 0 amide bonds. The number of rotatable bonds is 4. The first-order chi connectivity index (χ1) is 7.14. The Morgan fingerprint density at radius 1 is 1.40 bits per heavy atom. The van der Waals surface area contributed by atoms with Crippen LogP contribution in [0, 0.1) is 17.8 Å². The zero-order valence-corrected chi connectivity index (χ0v) is 9.98. The van der Waals surface area contributed by atoms with Gasteiger partial charge in [-0.05, 0) is 6.42 Å². The molecule has 0 aliphatic carbocycles. The molecule has 0 aromatic carbocycles.